The second kappa shape index (κ2) is 9.90. The van der Waals surface area contributed by atoms with Crippen molar-refractivity contribution in [2.45, 2.75) is 19.3 Å². The molecule has 2 heterocycles. The van der Waals surface area contributed by atoms with Crippen LogP contribution in [-0.4, -0.2) is 32.3 Å². The van der Waals surface area contributed by atoms with Gasteiger partial charge in [-0.1, -0.05) is 30.3 Å². The molecule has 2 amide bonds. The Balaban J connectivity index is 1.44. The summed E-state index contributed by atoms with van der Waals surface area (Å²) in [6.07, 6.45) is -3.12. The lowest BCUT2D eigenvalue weighted by molar-refractivity contribution is -0.137. The Morgan fingerprint density at radius 2 is 1.53 bits per heavy atom. The summed E-state index contributed by atoms with van der Waals surface area (Å²) in [4.78, 5) is 40.5. The third-order valence-electron chi connectivity index (χ3n) is 5.32. The summed E-state index contributed by atoms with van der Waals surface area (Å²) in [5, 5.41) is 14.2. The summed E-state index contributed by atoms with van der Waals surface area (Å²) in [7, 11) is 0. The lowest BCUT2D eigenvalue weighted by Gasteiger charge is -2.09. The van der Waals surface area contributed by atoms with Crippen LogP contribution >= 0.6 is 0 Å². The van der Waals surface area contributed by atoms with Gasteiger partial charge in [-0.15, -0.1) is 0 Å². The van der Waals surface area contributed by atoms with E-state index in [2.05, 4.69) is 15.6 Å². The Bertz CT molecular complexity index is 1450. The van der Waals surface area contributed by atoms with Gasteiger partial charge in [0.05, 0.1) is 11.1 Å². The van der Waals surface area contributed by atoms with Gasteiger partial charge in [0.25, 0.3) is 11.8 Å². The Kier molecular flexibility index (Phi) is 6.73. The molecule has 0 spiro atoms. The molecular formula is C25H19F3N4O4. The van der Waals surface area contributed by atoms with Gasteiger partial charge in [-0.2, -0.15) is 13.2 Å². The number of imidazole rings is 1. The first-order valence-electron chi connectivity index (χ1n) is 10.6. The molecule has 0 saturated heterocycles. The molecule has 36 heavy (non-hydrogen) atoms. The van der Waals surface area contributed by atoms with Crippen LogP contribution in [0, 0.1) is 0 Å². The van der Waals surface area contributed by atoms with Gasteiger partial charge >= 0.3 is 12.1 Å². The van der Waals surface area contributed by atoms with Crippen LogP contribution < -0.4 is 10.6 Å². The minimum atomic E-state index is -4.49. The molecule has 0 aliphatic carbocycles. The molecule has 4 aromatic rings. The van der Waals surface area contributed by atoms with Crippen molar-refractivity contribution in [2.24, 2.45) is 0 Å². The molecule has 0 bridgehead atoms. The maximum absolute atomic E-state index is 12.9. The molecule has 0 radical (unpaired) electrons. The van der Waals surface area contributed by atoms with Crippen LogP contribution in [0.3, 0.4) is 0 Å². The predicted octanol–water partition coefficient (Wildman–Crippen LogP) is 3.91. The van der Waals surface area contributed by atoms with Crippen molar-refractivity contribution >= 4 is 23.4 Å². The van der Waals surface area contributed by atoms with Gasteiger partial charge in [-0.3, -0.25) is 14.0 Å². The van der Waals surface area contributed by atoms with Crippen molar-refractivity contribution in [3.8, 4) is 0 Å². The largest absolute Gasteiger partial charge is 0.478 e. The number of carboxylic acid groups (broad SMARTS) is 1. The number of hydrogen-bond donors (Lipinski definition) is 3. The van der Waals surface area contributed by atoms with Crippen LogP contribution in [0.25, 0.3) is 5.65 Å². The van der Waals surface area contributed by atoms with Crippen LogP contribution in [0.15, 0.2) is 72.9 Å². The predicted molar refractivity (Wildman–Crippen MR) is 122 cm³/mol. The lowest BCUT2D eigenvalue weighted by atomic mass is 10.1. The van der Waals surface area contributed by atoms with Crippen LogP contribution in [-0.2, 0) is 19.3 Å². The molecule has 0 unspecified atom stereocenters. The molecule has 11 heteroatoms. The molecule has 184 valence electrons. The monoisotopic (exact) mass is 496 g/mol. The Labute approximate surface area is 202 Å². The number of aromatic carboxylic acids is 1. The number of amides is 2. The number of carboxylic acids is 1. The van der Waals surface area contributed by atoms with Crippen molar-refractivity contribution < 1.29 is 32.7 Å². The van der Waals surface area contributed by atoms with E-state index in [1.807, 2.05) is 0 Å². The average Bonchev–Trinajstić information content (AvgIpc) is 3.30. The fourth-order valence-corrected chi connectivity index (χ4v) is 3.47. The number of benzene rings is 2. The molecule has 0 aliphatic heterocycles. The second-order valence-corrected chi connectivity index (χ2v) is 7.83. The number of aromatic nitrogens is 2. The average molecular weight is 496 g/mol. The molecule has 0 atom stereocenters. The lowest BCUT2D eigenvalue weighted by Crippen LogP contribution is -2.25. The van der Waals surface area contributed by atoms with Gasteiger partial charge in [-0.25, -0.2) is 9.78 Å². The zero-order valence-corrected chi connectivity index (χ0v) is 18.5. The molecule has 4 rings (SSSR count). The SMILES string of the molecule is O=C(O)c1ccc(CNC(=O)c2cccc3nc(C(=O)NCc4cccc(C(F)(F)F)c4)cn23)cc1. The highest BCUT2D eigenvalue weighted by atomic mass is 19.4. The number of carbonyl (C=O) groups is 3. The zero-order chi connectivity index (χ0) is 25.9. The zero-order valence-electron chi connectivity index (χ0n) is 18.5. The molecule has 3 N–H and O–H groups in total. The smallest absolute Gasteiger partial charge is 0.416 e. The Hall–Kier alpha value is -4.67. The highest BCUT2D eigenvalue weighted by Gasteiger charge is 2.30. The van der Waals surface area contributed by atoms with E-state index in [9.17, 15) is 27.6 Å². The van der Waals surface area contributed by atoms with E-state index >= 15 is 0 Å². The number of pyridine rings is 1. The summed E-state index contributed by atoms with van der Waals surface area (Å²) in [5.74, 6) is -2.11. The molecule has 2 aromatic heterocycles. The van der Waals surface area contributed by atoms with E-state index in [1.165, 1.54) is 34.9 Å². The van der Waals surface area contributed by atoms with Crippen molar-refractivity contribution in [1.29, 1.82) is 0 Å². The van der Waals surface area contributed by atoms with E-state index in [0.717, 1.165) is 12.1 Å². The number of nitrogens with one attached hydrogen (secondary N) is 2. The first-order valence-corrected chi connectivity index (χ1v) is 10.6. The van der Waals surface area contributed by atoms with Gasteiger partial charge < -0.3 is 15.7 Å². The van der Waals surface area contributed by atoms with E-state index in [4.69, 9.17) is 5.11 Å². The Morgan fingerprint density at radius 1 is 0.861 bits per heavy atom. The fraction of sp³-hybridized carbons (Fsp3) is 0.120. The molecule has 2 aromatic carbocycles. The van der Waals surface area contributed by atoms with Crippen LogP contribution in [0.1, 0.15) is 48.0 Å². The van der Waals surface area contributed by atoms with E-state index in [1.54, 1.807) is 30.3 Å². The topological polar surface area (TPSA) is 113 Å². The molecule has 8 nitrogen and oxygen atoms in total. The summed E-state index contributed by atoms with van der Waals surface area (Å²) in [6.45, 7) is 0.0127. The minimum absolute atomic E-state index is 0.00788. The van der Waals surface area contributed by atoms with Gasteiger partial charge in [0.2, 0.25) is 0 Å². The third kappa shape index (κ3) is 5.52. The number of carbonyl (C=O) groups excluding carboxylic acids is 2. The number of halogens is 3. The quantitative estimate of drug-likeness (QED) is 0.359. The highest BCUT2D eigenvalue weighted by molar-refractivity contribution is 5.95. The molecule has 0 aliphatic rings. The number of hydrogen-bond acceptors (Lipinski definition) is 4. The van der Waals surface area contributed by atoms with Crippen molar-refractivity contribution in [3.63, 3.8) is 0 Å². The van der Waals surface area contributed by atoms with Crippen LogP contribution in [0.4, 0.5) is 13.2 Å². The summed E-state index contributed by atoms with van der Waals surface area (Å²) < 4.78 is 40.1. The second-order valence-electron chi connectivity index (χ2n) is 7.83. The molecule has 0 fully saturated rings. The molecular weight excluding hydrogens is 477 g/mol. The van der Waals surface area contributed by atoms with Crippen LogP contribution in [0.2, 0.25) is 0 Å². The van der Waals surface area contributed by atoms with E-state index in [-0.39, 0.29) is 35.6 Å². The van der Waals surface area contributed by atoms with Gasteiger partial charge in [0.15, 0.2) is 0 Å². The maximum Gasteiger partial charge on any atom is 0.416 e. The van der Waals surface area contributed by atoms with E-state index < -0.39 is 29.5 Å². The van der Waals surface area contributed by atoms with Gasteiger partial charge in [0.1, 0.15) is 17.0 Å². The van der Waals surface area contributed by atoms with Gasteiger partial charge in [0, 0.05) is 19.3 Å². The molecule has 0 saturated carbocycles. The maximum atomic E-state index is 12.9. The summed E-state index contributed by atoms with van der Waals surface area (Å²) >= 11 is 0. The fourth-order valence-electron chi connectivity index (χ4n) is 3.47. The standard InChI is InChI=1S/C25H19F3N4O4/c26-25(27,28)18-4-1-3-16(11-18)13-29-22(33)19-14-32-20(5-2-6-21(32)31-19)23(34)30-12-15-7-9-17(10-8-15)24(35)36/h1-11,14H,12-13H2,(H,29,33)(H,30,34)(H,35,36). The number of nitrogens with zero attached hydrogens (tertiary/aromatic N) is 2. The number of fused-ring (bicyclic) bond motifs is 1. The van der Waals surface area contributed by atoms with Crippen LogP contribution in [0.5, 0.6) is 0 Å². The summed E-state index contributed by atoms with van der Waals surface area (Å²) in [6, 6.07) is 15.4. The van der Waals surface area contributed by atoms with E-state index in [0.29, 0.717) is 11.2 Å². The van der Waals surface area contributed by atoms with Crippen molar-refractivity contribution in [3.05, 3.63) is 107 Å². The third-order valence-corrected chi connectivity index (χ3v) is 5.32. The first-order chi connectivity index (χ1) is 17.1. The number of rotatable bonds is 7. The highest BCUT2D eigenvalue weighted by Crippen LogP contribution is 2.29. The first kappa shape index (κ1) is 24.5. The Morgan fingerprint density at radius 3 is 2.22 bits per heavy atom. The number of alkyl halides is 3. The van der Waals surface area contributed by atoms with Gasteiger partial charge in [-0.05, 0) is 47.5 Å². The van der Waals surface area contributed by atoms with Crippen molar-refractivity contribution in [1.82, 2.24) is 20.0 Å². The normalized spacial score (nSPS) is 11.3. The summed E-state index contributed by atoms with van der Waals surface area (Å²) in [5.41, 5.74) is 0.824. The van der Waals surface area contributed by atoms with Crippen molar-refractivity contribution in [2.75, 3.05) is 0 Å². The minimum Gasteiger partial charge on any atom is -0.478 e.